The third-order valence-electron chi connectivity index (χ3n) is 2.85. The molecule has 21 heavy (non-hydrogen) atoms. The molecule has 8 nitrogen and oxygen atoms in total. The second kappa shape index (κ2) is 10.1. The summed E-state index contributed by atoms with van der Waals surface area (Å²) in [5.74, 6) is 7.16. The Morgan fingerprint density at radius 2 is 1.52 bits per heavy atom. The van der Waals surface area contributed by atoms with Gasteiger partial charge in [0.15, 0.2) is 0 Å². The van der Waals surface area contributed by atoms with Crippen molar-refractivity contribution in [2.75, 3.05) is 41.9 Å². The smallest absolute Gasteiger partial charge is 0.246 e. The highest BCUT2D eigenvalue weighted by atomic mass is 16.3. The topological polar surface area (TPSA) is 112 Å². The van der Waals surface area contributed by atoms with E-state index in [0.29, 0.717) is 17.8 Å². The van der Waals surface area contributed by atoms with Crippen LogP contribution in [0.25, 0.3) is 0 Å². The van der Waals surface area contributed by atoms with E-state index in [0.717, 1.165) is 38.8 Å². The van der Waals surface area contributed by atoms with Crippen LogP contribution in [0.1, 0.15) is 39.5 Å². The normalized spacial score (nSPS) is 10.5. The highest BCUT2D eigenvalue weighted by Crippen LogP contribution is 2.11. The molecule has 1 aromatic rings. The summed E-state index contributed by atoms with van der Waals surface area (Å²) in [6.45, 7) is 6.08. The number of nitrogens with two attached hydrogens (primary N) is 1. The summed E-state index contributed by atoms with van der Waals surface area (Å²) in [6, 6.07) is 0. The van der Waals surface area contributed by atoms with Gasteiger partial charge in [-0.25, -0.2) is 5.84 Å². The number of anilines is 3. The van der Waals surface area contributed by atoms with Crippen molar-refractivity contribution in [1.82, 2.24) is 15.0 Å². The Labute approximate surface area is 126 Å². The lowest BCUT2D eigenvalue weighted by atomic mass is 10.3. The Morgan fingerprint density at radius 3 is 1.95 bits per heavy atom. The zero-order valence-corrected chi connectivity index (χ0v) is 13.0. The average Bonchev–Trinajstić information content (AvgIpc) is 2.48. The van der Waals surface area contributed by atoms with Crippen molar-refractivity contribution >= 4 is 17.8 Å². The van der Waals surface area contributed by atoms with Crippen molar-refractivity contribution in [3.8, 4) is 0 Å². The zero-order chi connectivity index (χ0) is 15.5. The quantitative estimate of drug-likeness (QED) is 0.271. The summed E-state index contributed by atoms with van der Waals surface area (Å²) in [6.07, 6.45) is 4.28. The van der Waals surface area contributed by atoms with Gasteiger partial charge in [0.25, 0.3) is 0 Å². The van der Waals surface area contributed by atoms with Crippen LogP contribution in [-0.4, -0.2) is 46.3 Å². The molecule has 1 heterocycles. The van der Waals surface area contributed by atoms with Crippen molar-refractivity contribution in [2.45, 2.75) is 39.5 Å². The average molecular weight is 297 g/mol. The van der Waals surface area contributed by atoms with Crippen molar-refractivity contribution in [2.24, 2.45) is 5.84 Å². The van der Waals surface area contributed by atoms with Gasteiger partial charge in [-0.15, -0.1) is 0 Å². The van der Waals surface area contributed by atoms with Crippen molar-refractivity contribution in [3.05, 3.63) is 0 Å². The molecule has 0 aromatic carbocycles. The van der Waals surface area contributed by atoms with Gasteiger partial charge in [-0.3, -0.25) is 5.01 Å². The molecule has 1 aromatic heterocycles. The number of hydrazine groups is 1. The highest BCUT2D eigenvalue weighted by molar-refractivity contribution is 5.42. The summed E-state index contributed by atoms with van der Waals surface area (Å²) in [5, 5.41) is 16.6. The number of aliphatic hydroxyl groups excluding tert-OH is 1. The Morgan fingerprint density at radius 1 is 1.00 bits per heavy atom. The van der Waals surface area contributed by atoms with Gasteiger partial charge in [0, 0.05) is 13.1 Å². The number of rotatable bonds is 11. The summed E-state index contributed by atoms with van der Waals surface area (Å²) < 4.78 is 0. The van der Waals surface area contributed by atoms with Gasteiger partial charge in [-0.2, -0.15) is 15.0 Å². The molecule has 5 N–H and O–H groups in total. The van der Waals surface area contributed by atoms with Crippen LogP contribution in [-0.2, 0) is 0 Å². The molecule has 0 fully saturated rings. The maximum absolute atomic E-state index is 8.96. The van der Waals surface area contributed by atoms with Crippen LogP contribution in [0.2, 0.25) is 0 Å². The summed E-state index contributed by atoms with van der Waals surface area (Å²) in [4.78, 5) is 12.9. The van der Waals surface area contributed by atoms with E-state index in [4.69, 9.17) is 10.9 Å². The molecule has 0 unspecified atom stereocenters. The van der Waals surface area contributed by atoms with Crippen molar-refractivity contribution in [3.63, 3.8) is 0 Å². The van der Waals surface area contributed by atoms with E-state index in [1.165, 1.54) is 5.01 Å². The van der Waals surface area contributed by atoms with E-state index in [-0.39, 0.29) is 13.2 Å². The number of aromatic nitrogens is 3. The van der Waals surface area contributed by atoms with Gasteiger partial charge < -0.3 is 15.7 Å². The molecule has 0 aliphatic carbocycles. The van der Waals surface area contributed by atoms with E-state index in [2.05, 4.69) is 39.4 Å². The first kappa shape index (κ1) is 17.4. The zero-order valence-electron chi connectivity index (χ0n) is 13.0. The fourth-order valence-corrected chi connectivity index (χ4v) is 1.61. The minimum absolute atomic E-state index is 0.0562. The molecule has 0 aliphatic rings. The van der Waals surface area contributed by atoms with Crippen molar-refractivity contribution < 1.29 is 5.11 Å². The predicted molar refractivity (Wildman–Crippen MR) is 85.2 cm³/mol. The molecule has 0 aliphatic heterocycles. The first-order valence-electron chi connectivity index (χ1n) is 7.58. The van der Waals surface area contributed by atoms with Crippen LogP contribution in [0, 0.1) is 0 Å². The second-order valence-corrected chi connectivity index (χ2v) is 4.76. The van der Waals surface area contributed by atoms with E-state index < -0.39 is 0 Å². The van der Waals surface area contributed by atoms with Crippen LogP contribution in [0.4, 0.5) is 17.8 Å². The highest BCUT2D eigenvalue weighted by Gasteiger charge is 2.10. The third-order valence-corrected chi connectivity index (χ3v) is 2.85. The monoisotopic (exact) mass is 297 g/mol. The Balaban J connectivity index is 2.79. The minimum Gasteiger partial charge on any atom is -0.394 e. The first-order chi connectivity index (χ1) is 10.2. The summed E-state index contributed by atoms with van der Waals surface area (Å²) in [5.41, 5.74) is 0. The fraction of sp³-hybridized carbons (Fsp3) is 0.769. The number of aliphatic hydroxyl groups is 1. The van der Waals surface area contributed by atoms with Crippen LogP contribution in [0.5, 0.6) is 0 Å². The van der Waals surface area contributed by atoms with Crippen LogP contribution in [0.3, 0.4) is 0 Å². The SMILES string of the molecule is CCCCNc1nc(NCCCC)nc(N(N)CCO)n1. The van der Waals surface area contributed by atoms with E-state index >= 15 is 0 Å². The number of hydrogen-bond donors (Lipinski definition) is 4. The van der Waals surface area contributed by atoms with Gasteiger partial charge in [0.1, 0.15) is 0 Å². The van der Waals surface area contributed by atoms with Crippen LogP contribution in [0.15, 0.2) is 0 Å². The van der Waals surface area contributed by atoms with Gasteiger partial charge in [-0.1, -0.05) is 26.7 Å². The lowest BCUT2D eigenvalue weighted by Crippen LogP contribution is -2.35. The van der Waals surface area contributed by atoms with Gasteiger partial charge in [0.05, 0.1) is 13.2 Å². The lowest BCUT2D eigenvalue weighted by Gasteiger charge is -2.17. The Bertz CT molecular complexity index is 374. The molecule has 120 valence electrons. The van der Waals surface area contributed by atoms with Crippen LogP contribution < -0.4 is 21.5 Å². The molecule has 0 radical (unpaired) electrons. The van der Waals surface area contributed by atoms with E-state index in [1.54, 1.807) is 0 Å². The fourth-order valence-electron chi connectivity index (χ4n) is 1.61. The number of unbranched alkanes of at least 4 members (excludes halogenated alkanes) is 2. The predicted octanol–water partition coefficient (Wildman–Crippen LogP) is 0.968. The maximum Gasteiger partial charge on any atom is 0.246 e. The third kappa shape index (κ3) is 6.54. The number of hydrogen-bond acceptors (Lipinski definition) is 8. The molecule has 0 saturated heterocycles. The Hall–Kier alpha value is -1.67. The number of nitrogens with one attached hydrogen (secondary N) is 2. The first-order valence-corrected chi connectivity index (χ1v) is 7.58. The van der Waals surface area contributed by atoms with E-state index in [9.17, 15) is 0 Å². The molecule has 8 heteroatoms. The van der Waals surface area contributed by atoms with Gasteiger partial charge in [0.2, 0.25) is 17.8 Å². The minimum atomic E-state index is -0.0562. The number of nitrogens with zero attached hydrogens (tertiary/aromatic N) is 4. The Kier molecular flexibility index (Phi) is 8.37. The maximum atomic E-state index is 8.96. The van der Waals surface area contributed by atoms with Gasteiger partial charge >= 0.3 is 0 Å². The molecule has 0 saturated carbocycles. The molecule has 0 spiro atoms. The van der Waals surface area contributed by atoms with E-state index in [1.807, 2.05) is 0 Å². The molecule has 0 amide bonds. The lowest BCUT2D eigenvalue weighted by molar-refractivity contribution is 0.301. The molecule has 0 bridgehead atoms. The molecule has 0 atom stereocenters. The van der Waals surface area contributed by atoms with Crippen LogP contribution >= 0.6 is 0 Å². The molecular formula is C13H27N7O. The summed E-state index contributed by atoms with van der Waals surface area (Å²) >= 11 is 0. The second-order valence-electron chi connectivity index (χ2n) is 4.76. The van der Waals surface area contributed by atoms with Crippen molar-refractivity contribution in [1.29, 1.82) is 0 Å². The standard InChI is InChI=1S/C13H27N7O/c1-3-5-7-15-11-17-12(16-8-6-4-2)19-13(18-11)20(14)9-10-21/h21H,3-10,14H2,1-2H3,(H2,15,16,17,18,19). The largest absolute Gasteiger partial charge is 0.394 e. The summed E-state index contributed by atoms with van der Waals surface area (Å²) in [7, 11) is 0. The molecular weight excluding hydrogens is 270 g/mol. The molecule has 1 rings (SSSR count). The van der Waals surface area contributed by atoms with Gasteiger partial charge in [-0.05, 0) is 12.8 Å².